The molecule has 2 rings (SSSR count). The van der Waals surface area contributed by atoms with Crippen LogP contribution in [0, 0.1) is 12.8 Å². The Labute approximate surface area is 166 Å². The fraction of sp³-hybridized carbons (Fsp3) is 0.455. The zero-order chi connectivity index (χ0) is 19.8. The van der Waals surface area contributed by atoms with Gasteiger partial charge in [-0.3, -0.25) is 4.79 Å². The van der Waals surface area contributed by atoms with Crippen LogP contribution in [0.3, 0.4) is 0 Å². The summed E-state index contributed by atoms with van der Waals surface area (Å²) in [5, 5.41) is 1.50. The molecule has 1 aromatic carbocycles. The molecule has 0 amide bonds. The Morgan fingerprint density at radius 2 is 1.89 bits per heavy atom. The lowest BCUT2D eigenvalue weighted by molar-refractivity contribution is -0.147. The van der Waals surface area contributed by atoms with Gasteiger partial charge in [-0.05, 0) is 49.6 Å². The molecule has 1 aromatic heterocycles. The summed E-state index contributed by atoms with van der Waals surface area (Å²) < 4.78 is 11.0. The van der Waals surface area contributed by atoms with E-state index in [0.29, 0.717) is 24.9 Å². The third-order valence-corrected chi connectivity index (χ3v) is 5.02. The molecule has 0 saturated heterocycles. The maximum atomic E-state index is 11.8. The second-order valence-corrected chi connectivity index (χ2v) is 8.50. The summed E-state index contributed by atoms with van der Waals surface area (Å²) in [7, 11) is 0. The number of benzene rings is 1. The van der Waals surface area contributed by atoms with Crippen LogP contribution in [0.4, 0.5) is 0 Å². The Hall–Kier alpha value is -2.01. The Morgan fingerprint density at radius 3 is 2.52 bits per heavy atom. The van der Waals surface area contributed by atoms with Crippen LogP contribution in [0.25, 0.3) is 0 Å². The molecule has 0 bridgehead atoms. The van der Waals surface area contributed by atoms with Crippen molar-refractivity contribution in [1.29, 1.82) is 0 Å². The van der Waals surface area contributed by atoms with E-state index in [1.165, 1.54) is 0 Å². The number of aromatic nitrogens is 1. The predicted octanol–water partition coefficient (Wildman–Crippen LogP) is 5.21. The van der Waals surface area contributed by atoms with Gasteiger partial charge >= 0.3 is 5.97 Å². The molecule has 0 N–H and O–H groups in total. The van der Waals surface area contributed by atoms with Gasteiger partial charge in [-0.25, -0.2) is 4.98 Å². The van der Waals surface area contributed by atoms with Crippen molar-refractivity contribution in [2.45, 2.75) is 57.9 Å². The zero-order valence-corrected chi connectivity index (χ0v) is 17.6. The van der Waals surface area contributed by atoms with Crippen LogP contribution in [-0.4, -0.2) is 22.8 Å². The quantitative estimate of drug-likeness (QED) is 0.436. The van der Waals surface area contributed by atoms with Gasteiger partial charge in [0.05, 0.1) is 12.5 Å². The largest absolute Gasteiger partial charge is 0.489 e. The smallest absolute Gasteiger partial charge is 0.308 e. The first-order chi connectivity index (χ1) is 12.9. The Balaban J connectivity index is 1.97. The van der Waals surface area contributed by atoms with E-state index in [9.17, 15) is 4.79 Å². The van der Waals surface area contributed by atoms with Crippen molar-refractivity contribution < 1.29 is 14.3 Å². The lowest BCUT2D eigenvalue weighted by Crippen LogP contribution is -2.16. The molecule has 0 fully saturated rings. The summed E-state index contributed by atoms with van der Waals surface area (Å²) in [6.07, 6.45) is 2.56. The van der Waals surface area contributed by atoms with Gasteiger partial charge in [-0.2, -0.15) is 0 Å². The van der Waals surface area contributed by atoms with Crippen molar-refractivity contribution in [1.82, 2.24) is 4.98 Å². The van der Waals surface area contributed by atoms with Gasteiger partial charge in [0, 0.05) is 17.0 Å². The summed E-state index contributed by atoms with van der Waals surface area (Å²) in [6.45, 7) is 11.0. The summed E-state index contributed by atoms with van der Waals surface area (Å²) in [5.41, 5.74) is 3.33. The minimum Gasteiger partial charge on any atom is -0.489 e. The number of pyridine rings is 1. The van der Waals surface area contributed by atoms with Gasteiger partial charge in [0.15, 0.2) is 0 Å². The van der Waals surface area contributed by atoms with E-state index in [0.717, 1.165) is 27.5 Å². The van der Waals surface area contributed by atoms with E-state index in [2.05, 4.69) is 24.9 Å². The van der Waals surface area contributed by atoms with Crippen molar-refractivity contribution in [2.24, 2.45) is 5.92 Å². The van der Waals surface area contributed by atoms with Crippen LogP contribution in [0.5, 0.6) is 5.75 Å². The lowest BCUT2D eigenvalue weighted by Gasteiger charge is -2.13. The summed E-state index contributed by atoms with van der Waals surface area (Å²) >= 11 is 1.75. The highest BCUT2D eigenvalue weighted by atomic mass is 32.2. The third-order valence-electron chi connectivity index (χ3n) is 3.96. The van der Waals surface area contributed by atoms with E-state index in [1.54, 1.807) is 11.8 Å². The molecule has 0 aliphatic carbocycles. The molecule has 2 aromatic rings. The molecule has 0 spiro atoms. The molecule has 1 heterocycles. The van der Waals surface area contributed by atoms with Crippen LogP contribution in [0.2, 0.25) is 0 Å². The summed E-state index contributed by atoms with van der Waals surface area (Å²) in [6, 6.07) is 10.0. The van der Waals surface area contributed by atoms with E-state index in [1.807, 2.05) is 51.2 Å². The number of nitrogens with zero attached hydrogens (tertiary/aromatic N) is 1. The van der Waals surface area contributed by atoms with Gasteiger partial charge in [-0.15, -0.1) is 11.8 Å². The maximum Gasteiger partial charge on any atom is 0.308 e. The van der Waals surface area contributed by atoms with Crippen LogP contribution < -0.4 is 4.74 Å². The molecular weight excluding hydrogens is 358 g/mol. The molecule has 4 nitrogen and oxygen atoms in total. The highest BCUT2D eigenvalue weighted by Gasteiger charge is 2.14. The van der Waals surface area contributed by atoms with Crippen LogP contribution >= 0.6 is 11.8 Å². The Bertz CT molecular complexity index is 744. The van der Waals surface area contributed by atoms with Crippen LogP contribution in [0.15, 0.2) is 41.6 Å². The fourth-order valence-electron chi connectivity index (χ4n) is 2.65. The van der Waals surface area contributed by atoms with Crippen molar-refractivity contribution in [3.05, 3.63) is 53.2 Å². The van der Waals surface area contributed by atoms with E-state index in [-0.39, 0.29) is 11.9 Å². The normalized spacial score (nSPS) is 12.1. The molecule has 27 heavy (non-hydrogen) atoms. The number of carbonyl (C=O) groups excluding carboxylic acids is 1. The van der Waals surface area contributed by atoms with Gasteiger partial charge < -0.3 is 9.47 Å². The number of hydrogen-bond donors (Lipinski definition) is 0. The van der Waals surface area contributed by atoms with Gasteiger partial charge in [0.25, 0.3) is 0 Å². The van der Waals surface area contributed by atoms with E-state index < -0.39 is 0 Å². The minimum atomic E-state index is -0.153. The molecule has 0 aliphatic heterocycles. The number of thioether (sulfide) groups is 1. The van der Waals surface area contributed by atoms with E-state index in [4.69, 9.17) is 9.47 Å². The number of carbonyl (C=O) groups is 1. The molecule has 1 unspecified atom stereocenters. The second-order valence-electron chi connectivity index (χ2n) is 6.93. The van der Waals surface area contributed by atoms with Crippen molar-refractivity contribution in [2.75, 3.05) is 6.61 Å². The van der Waals surface area contributed by atoms with Gasteiger partial charge in [0.2, 0.25) is 0 Å². The van der Waals surface area contributed by atoms with Crippen molar-refractivity contribution in [3.8, 4) is 5.75 Å². The van der Waals surface area contributed by atoms with Gasteiger partial charge in [-0.1, -0.05) is 32.9 Å². The average Bonchev–Trinajstić information content (AvgIpc) is 2.63. The fourth-order valence-corrected chi connectivity index (χ4v) is 3.48. The number of aryl methyl sites for hydroxylation is 1. The lowest BCUT2D eigenvalue weighted by atomic mass is 10.0. The topological polar surface area (TPSA) is 48.4 Å². The van der Waals surface area contributed by atoms with Crippen LogP contribution in [0.1, 0.15) is 44.4 Å². The standard InChI is InChI=1S/C22H29NO3S/c1-6-25-22(24)17(5)12-18-7-9-20(10-8-18)26-14-19-11-16(4)13-23-21(19)27-15(2)3/h7-11,13,15,17H,6,12,14H2,1-5H3. The van der Waals surface area contributed by atoms with Crippen molar-refractivity contribution >= 4 is 17.7 Å². The average molecular weight is 388 g/mol. The number of hydrogen-bond acceptors (Lipinski definition) is 5. The molecule has 0 radical (unpaired) electrons. The highest BCUT2D eigenvalue weighted by molar-refractivity contribution is 7.99. The van der Waals surface area contributed by atoms with Crippen LogP contribution in [-0.2, 0) is 22.6 Å². The maximum absolute atomic E-state index is 11.8. The Morgan fingerprint density at radius 1 is 1.19 bits per heavy atom. The summed E-state index contributed by atoms with van der Waals surface area (Å²) in [5.74, 6) is 0.509. The molecular formula is C22H29NO3S. The molecule has 5 heteroatoms. The highest BCUT2D eigenvalue weighted by Crippen LogP contribution is 2.26. The first-order valence-corrected chi connectivity index (χ1v) is 10.3. The second kappa shape index (κ2) is 10.4. The Kier molecular flexibility index (Phi) is 8.17. The molecule has 1 atom stereocenters. The molecule has 0 saturated carbocycles. The van der Waals surface area contributed by atoms with Gasteiger partial charge in [0.1, 0.15) is 17.4 Å². The number of ether oxygens (including phenoxy) is 2. The first-order valence-electron chi connectivity index (χ1n) is 9.39. The number of rotatable bonds is 9. The SMILES string of the molecule is CCOC(=O)C(C)Cc1ccc(OCc2cc(C)cnc2SC(C)C)cc1. The zero-order valence-electron chi connectivity index (χ0n) is 16.8. The molecule has 0 aliphatic rings. The number of esters is 1. The molecule has 146 valence electrons. The minimum absolute atomic E-state index is 0.147. The third kappa shape index (κ3) is 6.90. The monoisotopic (exact) mass is 387 g/mol. The summed E-state index contributed by atoms with van der Waals surface area (Å²) in [4.78, 5) is 16.3. The first kappa shape index (κ1) is 21.3. The predicted molar refractivity (Wildman–Crippen MR) is 110 cm³/mol. The van der Waals surface area contributed by atoms with Crippen molar-refractivity contribution in [3.63, 3.8) is 0 Å². The van der Waals surface area contributed by atoms with E-state index >= 15 is 0 Å².